The quantitative estimate of drug-likeness (QED) is 0.673. The van der Waals surface area contributed by atoms with Gasteiger partial charge in [-0.15, -0.1) is 0 Å². The van der Waals surface area contributed by atoms with Crippen LogP contribution in [-0.2, 0) is 14.3 Å². The van der Waals surface area contributed by atoms with Crippen LogP contribution in [0.5, 0.6) is 0 Å². The Morgan fingerprint density at radius 2 is 2.07 bits per heavy atom. The summed E-state index contributed by atoms with van der Waals surface area (Å²) in [5, 5.41) is 0. The van der Waals surface area contributed by atoms with Gasteiger partial charge in [-0.3, -0.25) is 4.79 Å². The monoisotopic (exact) mass is 199 g/mol. The molecule has 0 atom stereocenters. The number of hydrogen-bond acceptors (Lipinski definition) is 3. The zero-order chi connectivity index (χ0) is 9.80. The minimum absolute atomic E-state index is 0.0860. The van der Waals surface area contributed by atoms with Crippen molar-refractivity contribution in [1.29, 1.82) is 0 Å². The lowest BCUT2D eigenvalue weighted by Gasteiger charge is -2.25. The van der Waals surface area contributed by atoms with Crippen molar-refractivity contribution in [3.8, 4) is 0 Å². The Balaban J connectivity index is 1.68. The number of hydrogen-bond donors (Lipinski definition) is 0. The predicted octanol–water partition coefficient (Wildman–Crippen LogP) is 0.762. The molecular weight excluding hydrogens is 182 g/mol. The highest BCUT2D eigenvalue weighted by molar-refractivity contribution is 5.77. The van der Waals surface area contributed by atoms with Gasteiger partial charge in [0.15, 0.2) is 6.29 Å². The lowest BCUT2D eigenvalue weighted by molar-refractivity contribution is -0.182. The van der Waals surface area contributed by atoms with Crippen molar-refractivity contribution < 1.29 is 14.3 Å². The molecule has 0 aromatic heterocycles. The summed E-state index contributed by atoms with van der Waals surface area (Å²) in [5.41, 5.74) is 0. The molecule has 0 saturated carbocycles. The summed E-state index contributed by atoms with van der Waals surface area (Å²) < 4.78 is 10.8. The van der Waals surface area contributed by atoms with E-state index in [-0.39, 0.29) is 12.2 Å². The highest BCUT2D eigenvalue weighted by Gasteiger charge is 2.22. The molecule has 0 N–H and O–H groups in total. The zero-order valence-electron chi connectivity index (χ0n) is 8.41. The van der Waals surface area contributed by atoms with Crippen LogP contribution in [0.2, 0.25) is 0 Å². The van der Waals surface area contributed by atoms with Crippen LogP contribution in [0.4, 0.5) is 0 Å². The third kappa shape index (κ3) is 2.45. The fourth-order valence-electron chi connectivity index (χ4n) is 1.90. The second-order valence-electron chi connectivity index (χ2n) is 3.80. The van der Waals surface area contributed by atoms with Crippen molar-refractivity contribution in [2.75, 3.05) is 26.3 Å². The van der Waals surface area contributed by atoms with Crippen molar-refractivity contribution in [2.45, 2.75) is 32.0 Å². The van der Waals surface area contributed by atoms with Gasteiger partial charge in [-0.2, -0.15) is 0 Å². The van der Waals surface area contributed by atoms with Gasteiger partial charge in [0, 0.05) is 25.9 Å². The summed E-state index contributed by atoms with van der Waals surface area (Å²) in [7, 11) is 0. The highest BCUT2D eigenvalue weighted by atomic mass is 16.7. The van der Waals surface area contributed by atoms with Crippen LogP contribution in [0.25, 0.3) is 0 Å². The maximum absolute atomic E-state index is 11.3. The van der Waals surface area contributed by atoms with Crippen LogP contribution in [0, 0.1) is 0 Å². The highest BCUT2D eigenvalue weighted by Crippen LogP contribution is 2.13. The number of carbonyl (C=O) groups is 1. The van der Waals surface area contributed by atoms with Gasteiger partial charge in [-0.05, 0) is 12.8 Å². The fourth-order valence-corrected chi connectivity index (χ4v) is 1.90. The van der Waals surface area contributed by atoms with E-state index >= 15 is 0 Å². The van der Waals surface area contributed by atoms with E-state index < -0.39 is 0 Å². The smallest absolute Gasteiger partial charge is 0.222 e. The molecule has 4 heteroatoms. The lowest BCUT2D eigenvalue weighted by atomic mass is 10.3. The third-order valence-corrected chi connectivity index (χ3v) is 2.70. The molecule has 0 aliphatic carbocycles. The topological polar surface area (TPSA) is 38.8 Å². The Morgan fingerprint density at radius 1 is 1.29 bits per heavy atom. The normalized spacial score (nSPS) is 24.6. The van der Waals surface area contributed by atoms with E-state index in [0.717, 1.165) is 45.6 Å². The van der Waals surface area contributed by atoms with E-state index in [2.05, 4.69) is 0 Å². The van der Waals surface area contributed by atoms with Crippen LogP contribution in [0.15, 0.2) is 0 Å². The van der Waals surface area contributed by atoms with E-state index in [1.54, 1.807) is 0 Å². The maximum Gasteiger partial charge on any atom is 0.222 e. The Bertz CT molecular complexity index is 202. The zero-order valence-corrected chi connectivity index (χ0v) is 8.41. The molecule has 0 bridgehead atoms. The van der Waals surface area contributed by atoms with Crippen LogP contribution in [0.3, 0.4) is 0 Å². The summed E-state index contributed by atoms with van der Waals surface area (Å²) in [6.07, 6.45) is 3.43. The van der Waals surface area contributed by atoms with E-state index in [1.165, 1.54) is 0 Å². The Labute approximate surface area is 84.2 Å². The standard InChI is InChI=1S/C10H17NO3/c12-9-3-1-5-11(9)6-4-10-13-7-2-8-14-10/h10H,1-8H2. The Kier molecular flexibility index (Phi) is 3.37. The first-order valence-electron chi connectivity index (χ1n) is 5.37. The molecule has 0 aromatic carbocycles. The minimum Gasteiger partial charge on any atom is -0.353 e. The summed E-state index contributed by atoms with van der Waals surface area (Å²) in [6, 6.07) is 0. The minimum atomic E-state index is -0.0860. The van der Waals surface area contributed by atoms with E-state index in [1.807, 2.05) is 4.90 Å². The number of likely N-dealkylation sites (tertiary alicyclic amines) is 1. The number of carbonyl (C=O) groups excluding carboxylic acids is 1. The second-order valence-corrected chi connectivity index (χ2v) is 3.80. The first-order valence-corrected chi connectivity index (χ1v) is 5.37. The van der Waals surface area contributed by atoms with Crippen molar-refractivity contribution in [3.05, 3.63) is 0 Å². The van der Waals surface area contributed by atoms with Gasteiger partial charge in [0.25, 0.3) is 0 Å². The fraction of sp³-hybridized carbons (Fsp3) is 0.900. The molecule has 2 rings (SSSR count). The maximum atomic E-state index is 11.3. The van der Waals surface area contributed by atoms with Gasteiger partial charge in [0.1, 0.15) is 0 Å². The summed E-state index contributed by atoms with van der Waals surface area (Å²) in [4.78, 5) is 13.2. The van der Waals surface area contributed by atoms with Crippen molar-refractivity contribution in [2.24, 2.45) is 0 Å². The Morgan fingerprint density at radius 3 is 2.71 bits per heavy atom. The molecule has 2 saturated heterocycles. The molecule has 0 aromatic rings. The summed E-state index contributed by atoms with van der Waals surface area (Å²) in [5.74, 6) is 0.279. The van der Waals surface area contributed by atoms with E-state index in [9.17, 15) is 4.79 Å². The molecule has 1 amide bonds. The van der Waals surface area contributed by atoms with E-state index in [0.29, 0.717) is 6.42 Å². The van der Waals surface area contributed by atoms with Crippen LogP contribution in [0.1, 0.15) is 25.7 Å². The first kappa shape index (κ1) is 9.93. The van der Waals surface area contributed by atoms with Gasteiger partial charge in [-0.25, -0.2) is 0 Å². The third-order valence-electron chi connectivity index (χ3n) is 2.70. The van der Waals surface area contributed by atoms with Crippen molar-refractivity contribution >= 4 is 5.91 Å². The number of amides is 1. The molecule has 2 aliphatic heterocycles. The van der Waals surface area contributed by atoms with Crippen LogP contribution < -0.4 is 0 Å². The van der Waals surface area contributed by atoms with E-state index in [4.69, 9.17) is 9.47 Å². The second kappa shape index (κ2) is 4.75. The molecule has 4 nitrogen and oxygen atoms in total. The molecule has 2 aliphatic rings. The number of rotatable bonds is 3. The molecule has 14 heavy (non-hydrogen) atoms. The summed E-state index contributed by atoms with van der Waals surface area (Å²) >= 11 is 0. The Hall–Kier alpha value is -0.610. The van der Waals surface area contributed by atoms with Gasteiger partial charge in [0.2, 0.25) is 5.91 Å². The molecule has 2 fully saturated rings. The SMILES string of the molecule is O=C1CCCN1CCC1OCCCO1. The summed E-state index contributed by atoms with van der Waals surface area (Å²) in [6.45, 7) is 3.27. The first-order chi connectivity index (χ1) is 6.86. The predicted molar refractivity (Wildman–Crippen MR) is 50.7 cm³/mol. The van der Waals surface area contributed by atoms with Gasteiger partial charge >= 0.3 is 0 Å². The molecule has 2 heterocycles. The van der Waals surface area contributed by atoms with Crippen LogP contribution in [-0.4, -0.2) is 43.4 Å². The molecule has 0 spiro atoms. The van der Waals surface area contributed by atoms with Gasteiger partial charge in [0.05, 0.1) is 13.2 Å². The molecular formula is C10H17NO3. The largest absolute Gasteiger partial charge is 0.353 e. The van der Waals surface area contributed by atoms with Crippen molar-refractivity contribution in [3.63, 3.8) is 0 Å². The number of ether oxygens (including phenoxy) is 2. The van der Waals surface area contributed by atoms with Crippen molar-refractivity contribution in [1.82, 2.24) is 4.90 Å². The molecule has 0 unspecified atom stereocenters. The lowest BCUT2D eigenvalue weighted by Crippen LogP contribution is -2.32. The van der Waals surface area contributed by atoms with Gasteiger partial charge in [-0.1, -0.05) is 0 Å². The number of nitrogens with zero attached hydrogens (tertiary/aromatic N) is 1. The molecule has 80 valence electrons. The molecule has 0 radical (unpaired) electrons. The average molecular weight is 199 g/mol. The van der Waals surface area contributed by atoms with Crippen LogP contribution >= 0.6 is 0 Å². The van der Waals surface area contributed by atoms with Gasteiger partial charge < -0.3 is 14.4 Å². The average Bonchev–Trinajstić information content (AvgIpc) is 2.63.